The minimum Gasteiger partial charge on any atom is -0.327 e. The largest absolute Gasteiger partial charge is 0.327 e. The lowest BCUT2D eigenvalue weighted by Gasteiger charge is -2.09. The molecule has 1 atom stereocenters. The predicted molar refractivity (Wildman–Crippen MR) is 67.7 cm³/mol. The number of hydrogen-bond donors (Lipinski definition) is 2. The Bertz CT molecular complexity index is 472. The Hall–Kier alpha value is -0.430. The molecule has 1 rings (SSSR count). The van der Waals surface area contributed by atoms with Crippen molar-refractivity contribution in [3.63, 3.8) is 0 Å². The van der Waals surface area contributed by atoms with Crippen LogP contribution < -0.4 is 10.5 Å². The van der Waals surface area contributed by atoms with Gasteiger partial charge in [-0.2, -0.15) is 0 Å². The first kappa shape index (κ1) is 13.6. The average Bonchev–Trinajstić information content (AvgIpc) is 2.19. The zero-order valence-corrected chi connectivity index (χ0v) is 11.6. The molecule has 0 fully saturated rings. The zero-order valence-electron chi connectivity index (χ0n) is 9.20. The topological polar surface area (TPSA) is 72.2 Å². The van der Waals surface area contributed by atoms with E-state index in [9.17, 15) is 8.42 Å². The molecule has 6 heteroatoms. The number of benzene rings is 1. The molecule has 3 N–H and O–H groups in total. The minimum atomic E-state index is -3.45. The van der Waals surface area contributed by atoms with Gasteiger partial charge in [0.1, 0.15) is 0 Å². The molecular formula is C10H15BrN2O2S. The summed E-state index contributed by atoms with van der Waals surface area (Å²) >= 11 is 3.32. The van der Waals surface area contributed by atoms with Crippen LogP contribution in [0.2, 0.25) is 0 Å². The fourth-order valence-corrected chi connectivity index (χ4v) is 2.58. The Morgan fingerprint density at radius 1 is 1.50 bits per heavy atom. The number of hydrogen-bond acceptors (Lipinski definition) is 3. The van der Waals surface area contributed by atoms with Gasteiger partial charge >= 0.3 is 0 Å². The van der Waals surface area contributed by atoms with Crippen molar-refractivity contribution in [2.24, 2.45) is 5.73 Å². The van der Waals surface area contributed by atoms with Gasteiger partial charge in [-0.05, 0) is 37.6 Å². The summed E-state index contributed by atoms with van der Waals surface area (Å²) in [6.07, 6.45) is 0. The predicted octanol–water partition coefficient (Wildman–Crippen LogP) is 1.38. The molecule has 1 aromatic rings. The van der Waals surface area contributed by atoms with E-state index < -0.39 is 10.0 Å². The highest BCUT2D eigenvalue weighted by Gasteiger charge is 2.14. The molecule has 0 saturated heterocycles. The SMILES string of the molecule is Cc1cc(S(=O)(=O)NCC(C)N)ccc1Br. The average molecular weight is 307 g/mol. The normalized spacial score (nSPS) is 13.8. The number of halogens is 1. The van der Waals surface area contributed by atoms with E-state index in [0.717, 1.165) is 10.0 Å². The molecule has 0 saturated carbocycles. The van der Waals surface area contributed by atoms with Gasteiger partial charge in [0.2, 0.25) is 10.0 Å². The summed E-state index contributed by atoms with van der Waals surface area (Å²) in [5.41, 5.74) is 6.38. The van der Waals surface area contributed by atoms with Crippen LogP contribution in [0.25, 0.3) is 0 Å². The van der Waals surface area contributed by atoms with Crippen LogP contribution in [-0.4, -0.2) is 21.0 Å². The monoisotopic (exact) mass is 306 g/mol. The van der Waals surface area contributed by atoms with Crippen LogP contribution in [0, 0.1) is 6.92 Å². The van der Waals surface area contributed by atoms with Gasteiger partial charge < -0.3 is 5.73 Å². The first-order valence-electron chi connectivity index (χ1n) is 4.84. The summed E-state index contributed by atoms with van der Waals surface area (Å²) in [6.45, 7) is 3.82. The second kappa shape index (κ2) is 5.27. The second-order valence-electron chi connectivity index (χ2n) is 3.74. The van der Waals surface area contributed by atoms with E-state index in [1.165, 1.54) is 0 Å². The first-order chi connectivity index (χ1) is 7.33. The molecule has 0 spiro atoms. The lowest BCUT2D eigenvalue weighted by Crippen LogP contribution is -2.35. The molecule has 4 nitrogen and oxygen atoms in total. The molecule has 0 amide bonds. The molecule has 0 heterocycles. The van der Waals surface area contributed by atoms with Crippen LogP contribution in [0.3, 0.4) is 0 Å². The highest BCUT2D eigenvalue weighted by molar-refractivity contribution is 9.10. The van der Waals surface area contributed by atoms with Crippen molar-refractivity contribution in [3.05, 3.63) is 28.2 Å². The maximum Gasteiger partial charge on any atom is 0.240 e. The maximum atomic E-state index is 11.8. The van der Waals surface area contributed by atoms with Gasteiger partial charge in [0, 0.05) is 17.1 Å². The van der Waals surface area contributed by atoms with Crippen LogP contribution in [0.15, 0.2) is 27.6 Å². The molecule has 0 aromatic heterocycles. The fourth-order valence-electron chi connectivity index (χ4n) is 1.11. The molecule has 0 aliphatic heterocycles. The molecule has 0 aliphatic rings. The zero-order chi connectivity index (χ0) is 12.3. The van der Waals surface area contributed by atoms with Crippen LogP contribution in [0.5, 0.6) is 0 Å². The molecule has 0 radical (unpaired) electrons. The summed E-state index contributed by atoms with van der Waals surface area (Å²) in [5.74, 6) is 0. The summed E-state index contributed by atoms with van der Waals surface area (Å²) in [5, 5.41) is 0. The van der Waals surface area contributed by atoms with E-state index in [-0.39, 0.29) is 17.5 Å². The van der Waals surface area contributed by atoms with E-state index in [1.54, 1.807) is 25.1 Å². The number of nitrogens with one attached hydrogen (secondary N) is 1. The van der Waals surface area contributed by atoms with Crippen molar-refractivity contribution in [1.29, 1.82) is 0 Å². The van der Waals surface area contributed by atoms with Gasteiger partial charge in [-0.15, -0.1) is 0 Å². The van der Waals surface area contributed by atoms with Crippen molar-refractivity contribution >= 4 is 26.0 Å². The molecule has 1 aromatic carbocycles. The van der Waals surface area contributed by atoms with Gasteiger partial charge in [-0.25, -0.2) is 13.1 Å². The van der Waals surface area contributed by atoms with Crippen molar-refractivity contribution in [2.75, 3.05) is 6.54 Å². The molecule has 90 valence electrons. The van der Waals surface area contributed by atoms with E-state index in [4.69, 9.17) is 5.73 Å². The minimum absolute atomic E-state index is 0.202. The number of nitrogens with two attached hydrogens (primary N) is 1. The molecular weight excluding hydrogens is 292 g/mol. The quantitative estimate of drug-likeness (QED) is 0.883. The number of rotatable bonds is 4. The summed E-state index contributed by atoms with van der Waals surface area (Å²) in [4.78, 5) is 0.258. The third kappa shape index (κ3) is 3.55. The molecule has 16 heavy (non-hydrogen) atoms. The van der Waals surface area contributed by atoms with Gasteiger partial charge in [-0.1, -0.05) is 15.9 Å². The Balaban J connectivity index is 2.94. The highest BCUT2D eigenvalue weighted by Crippen LogP contribution is 2.19. The van der Waals surface area contributed by atoms with Crippen LogP contribution in [-0.2, 0) is 10.0 Å². The fraction of sp³-hybridized carbons (Fsp3) is 0.400. The van der Waals surface area contributed by atoms with Gasteiger partial charge in [0.05, 0.1) is 4.90 Å². The molecule has 0 aliphatic carbocycles. The first-order valence-corrected chi connectivity index (χ1v) is 7.12. The third-order valence-corrected chi connectivity index (χ3v) is 4.35. The Morgan fingerprint density at radius 3 is 2.62 bits per heavy atom. The molecule has 0 bridgehead atoms. The van der Waals surface area contributed by atoms with E-state index in [1.807, 2.05) is 6.92 Å². The van der Waals surface area contributed by atoms with Crippen molar-refractivity contribution < 1.29 is 8.42 Å². The van der Waals surface area contributed by atoms with Crippen LogP contribution >= 0.6 is 15.9 Å². The van der Waals surface area contributed by atoms with Gasteiger partial charge in [-0.3, -0.25) is 0 Å². The number of sulfonamides is 1. The van der Waals surface area contributed by atoms with E-state index in [0.29, 0.717) is 0 Å². The highest BCUT2D eigenvalue weighted by atomic mass is 79.9. The van der Waals surface area contributed by atoms with Gasteiger partial charge in [0.15, 0.2) is 0 Å². The van der Waals surface area contributed by atoms with Gasteiger partial charge in [0.25, 0.3) is 0 Å². The Morgan fingerprint density at radius 2 is 2.12 bits per heavy atom. The number of aryl methyl sites for hydroxylation is 1. The smallest absolute Gasteiger partial charge is 0.240 e. The lowest BCUT2D eigenvalue weighted by molar-refractivity contribution is 0.574. The standard InChI is InChI=1S/C10H15BrN2O2S/c1-7-5-9(3-4-10(7)11)16(14,15)13-6-8(2)12/h3-5,8,13H,6,12H2,1-2H3. The summed E-state index contributed by atoms with van der Waals surface area (Å²) in [6, 6.07) is 4.69. The van der Waals surface area contributed by atoms with E-state index in [2.05, 4.69) is 20.7 Å². The summed E-state index contributed by atoms with van der Waals surface area (Å²) in [7, 11) is -3.45. The van der Waals surface area contributed by atoms with Crippen LogP contribution in [0.4, 0.5) is 0 Å². The second-order valence-corrected chi connectivity index (χ2v) is 6.36. The Kier molecular flexibility index (Phi) is 4.49. The van der Waals surface area contributed by atoms with Crippen molar-refractivity contribution in [2.45, 2.75) is 24.8 Å². The summed E-state index contributed by atoms with van der Waals surface area (Å²) < 4.78 is 27.0. The Labute approximate surface area is 104 Å². The lowest BCUT2D eigenvalue weighted by atomic mass is 10.2. The van der Waals surface area contributed by atoms with Crippen molar-refractivity contribution in [3.8, 4) is 0 Å². The van der Waals surface area contributed by atoms with Crippen molar-refractivity contribution in [1.82, 2.24) is 4.72 Å². The van der Waals surface area contributed by atoms with Crippen LogP contribution in [0.1, 0.15) is 12.5 Å². The molecule has 1 unspecified atom stereocenters. The third-order valence-electron chi connectivity index (χ3n) is 2.04. The van der Waals surface area contributed by atoms with E-state index >= 15 is 0 Å². The maximum absolute atomic E-state index is 11.8.